The van der Waals surface area contributed by atoms with Gasteiger partial charge in [0.1, 0.15) is 5.75 Å². The van der Waals surface area contributed by atoms with Crippen LogP contribution in [0.5, 0.6) is 5.75 Å². The number of carbonyl (C=O) groups is 1. The predicted molar refractivity (Wildman–Crippen MR) is 103 cm³/mol. The van der Waals surface area contributed by atoms with Gasteiger partial charge in [-0.25, -0.2) is 4.79 Å². The summed E-state index contributed by atoms with van der Waals surface area (Å²) in [4.78, 5) is 8.90. The van der Waals surface area contributed by atoms with Gasteiger partial charge in [-0.3, -0.25) is 0 Å². The first-order valence-electron chi connectivity index (χ1n) is 9.42. The summed E-state index contributed by atoms with van der Waals surface area (Å²) in [5.41, 5.74) is 2.58. The van der Waals surface area contributed by atoms with Crippen molar-refractivity contribution in [3.8, 4) is 16.9 Å². The van der Waals surface area contributed by atoms with Crippen molar-refractivity contribution >= 4 is 5.97 Å². The second-order valence-corrected chi connectivity index (χ2v) is 6.88. The molecule has 1 saturated heterocycles. The average Bonchev–Trinajstić information content (AvgIpc) is 2.73. The molecule has 2 atom stereocenters. The topological polar surface area (TPSA) is 78.8 Å². The van der Waals surface area contributed by atoms with Crippen molar-refractivity contribution < 1.29 is 41.7 Å². The monoisotopic (exact) mass is 447 g/mol. The third-order valence-electron chi connectivity index (χ3n) is 4.67. The molecule has 31 heavy (non-hydrogen) atoms. The quantitative estimate of drug-likeness (QED) is 0.583. The van der Waals surface area contributed by atoms with Gasteiger partial charge in [0.15, 0.2) is 0 Å². The number of alkyl halides is 5. The third-order valence-corrected chi connectivity index (χ3v) is 4.67. The zero-order chi connectivity index (χ0) is 23.0. The lowest BCUT2D eigenvalue weighted by atomic mass is 9.89. The van der Waals surface area contributed by atoms with E-state index in [0.29, 0.717) is 0 Å². The van der Waals surface area contributed by atoms with Gasteiger partial charge in [-0.15, -0.1) is 0 Å². The highest BCUT2D eigenvalue weighted by Gasteiger charge is 2.38. The number of ether oxygens (including phenoxy) is 1. The molecule has 1 fully saturated rings. The highest BCUT2D eigenvalue weighted by Crippen LogP contribution is 2.30. The van der Waals surface area contributed by atoms with E-state index < -0.39 is 24.9 Å². The number of aliphatic carboxylic acids is 1. The molecule has 2 unspecified atom stereocenters. The standard InChI is InChI=1S/C19H21F2NO2.C2HF3O2/c20-19(21)24-17-5-1-3-15(11-17)13-6-8-14(9-7-13)18(23)16-4-2-10-22-12-16;3-2(4,5)1(6)7/h1,3,5-9,11,16,18-19,22-23H,2,4,10,12H2;(H,6,7). The van der Waals surface area contributed by atoms with Crippen molar-refractivity contribution in [2.24, 2.45) is 5.92 Å². The summed E-state index contributed by atoms with van der Waals surface area (Å²) >= 11 is 0. The van der Waals surface area contributed by atoms with Crippen LogP contribution in [-0.2, 0) is 4.79 Å². The average molecular weight is 447 g/mol. The minimum atomic E-state index is -5.08. The van der Waals surface area contributed by atoms with Crippen molar-refractivity contribution in [2.45, 2.75) is 31.7 Å². The molecular weight excluding hydrogens is 425 g/mol. The van der Waals surface area contributed by atoms with E-state index in [1.807, 2.05) is 30.3 Å². The number of halogens is 5. The first kappa shape index (κ1) is 24.5. The zero-order valence-electron chi connectivity index (χ0n) is 16.3. The highest BCUT2D eigenvalue weighted by molar-refractivity contribution is 5.73. The maximum Gasteiger partial charge on any atom is 0.490 e. The fraction of sp³-hybridized carbons (Fsp3) is 0.381. The lowest BCUT2D eigenvalue weighted by Crippen LogP contribution is -2.33. The summed E-state index contributed by atoms with van der Waals surface area (Å²) in [5, 5.41) is 20.9. The molecule has 0 radical (unpaired) electrons. The van der Waals surface area contributed by atoms with Crippen LogP contribution in [0.25, 0.3) is 11.1 Å². The molecule has 2 aromatic carbocycles. The third kappa shape index (κ3) is 7.80. The molecule has 0 saturated carbocycles. The summed E-state index contributed by atoms with van der Waals surface area (Å²) in [6.45, 7) is -0.989. The molecule has 5 nitrogen and oxygen atoms in total. The van der Waals surface area contributed by atoms with Crippen LogP contribution in [0.2, 0.25) is 0 Å². The van der Waals surface area contributed by atoms with Gasteiger partial charge < -0.3 is 20.3 Å². The number of rotatable bonds is 5. The highest BCUT2D eigenvalue weighted by atomic mass is 19.4. The van der Waals surface area contributed by atoms with E-state index >= 15 is 0 Å². The fourth-order valence-electron chi connectivity index (χ4n) is 3.15. The van der Waals surface area contributed by atoms with Crippen molar-refractivity contribution in [1.82, 2.24) is 5.32 Å². The van der Waals surface area contributed by atoms with Gasteiger partial charge >= 0.3 is 18.8 Å². The van der Waals surface area contributed by atoms with E-state index in [2.05, 4.69) is 10.1 Å². The van der Waals surface area contributed by atoms with E-state index in [4.69, 9.17) is 9.90 Å². The zero-order valence-corrected chi connectivity index (χ0v) is 16.3. The number of benzene rings is 2. The Kier molecular flexibility index (Phi) is 8.76. The number of hydrogen-bond acceptors (Lipinski definition) is 4. The van der Waals surface area contributed by atoms with Crippen LogP contribution in [0.1, 0.15) is 24.5 Å². The van der Waals surface area contributed by atoms with Gasteiger partial charge in [0.25, 0.3) is 0 Å². The normalized spacial score (nSPS) is 17.5. The Balaban J connectivity index is 0.000000423. The molecule has 3 rings (SSSR count). The number of hydrogen-bond donors (Lipinski definition) is 3. The summed E-state index contributed by atoms with van der Waals surface area (Å²) in [6, 6.07) is 14.2. The second-order valence-electron chi connectivity index (χ2n) is 6.88. The summed E-state index contributed by atoms with van der Waals surface area (Å²) < 4.78 is 60.8. The van der Waals surface area contributed by atoms with Crippen LogP contribution in [0.4, 0.5) is 22.0 Å². The van der Waals surface area contributed by atoms with Gasteiger partial charge in [-0.05, 0) is 48.2 Å². The summed E-state index contributed by atoms with van der Waals surface area (Å²) in [7, 11) is 0. The molecule has 1 aliphatic rings. The number of nitrogens with one attached hydrogen (secondary N) is 1. The lowest BCUT2D eigenvalue weighted by molar-refractivity contribution is -0.192. The number of aliphatic hydroxyl groups is 1. The number of piperidine rings is 1. The van der Waals surface area contributed by atoms with E-state index in [9.17, 15) is 27.1 Å². The van der Waals surface area contributed by atoms with E-state index in [0.717, 1.165) is 42.6 Å². The number of aliphatic hydroxyl groups excluding tert-OH is 1. The van der Waals surface area contributed by atoms with Crippen molar-refractivity contribution in [1.29, 1.82) is 0 Å². The van der Waals surface area contributed by atoms with Gasteiger partial charge in [-0.2, -0.15) is 22.0 Å². The molecule has 3 N–H and O–H groups in total. The molecule has 1 aliphatic heterocycles. The van der Waals surface area contributed by atoms with Crippen molar-refractivity contribution in [3.05, 3.63) is 54.1 Å². The minimum Gasteiger partial charge on any atom is -0.475 e. The smallest absolute Gasteiger partial charge is 0.475 e. The molecule has 0 bridgehead atoms. The van der Waals surface area contributed by atoms with Crippen molar-refractivity contribution in [2.75, 3.05) is 13.1 Å². The molecule has 170 valence electrons. The Morgan fingerprint density at radius 1 is 1.10 bits per heavy atom. The molecule has 10 heteroatoms. The molecule has 0 aromatic heterocycles. The Labute approximate surface area is 175 Å². The van der Waals surface area contributed by atoms with Crippen LogP contribution in [0.15, 0.2) is 48.5 Å². The van der Waals surface area contributed by atoms with Gasteiger partial charge in [0, 0.05) is 12.5 Å². The van der Waals surface area contributed by atoms with E-state index in [-0.39, 0.29) is 11.7 Å². The number of carboxylic acids is 1. The van der Waals surface area contributed by atoms with E-state index in [1.165, 1.54) is 6.07 Å². The molecular formula is C21H22F5NO4. The van der Waals surface area contributed by atoms with Crippen LogP contribution >= 0.6 is 0 Å². The maximum atomic E-state index is 12.3. The second kappa shape index (κ2) is 11.1. The Morgan fingerprint density at radius 3 is 2.26 bits per heavy atom. The molecule has 2 aromatic rings. The maximum absolute atomic E-state index is 12.3. The predicted octanol–water partition coefficient (Wildman–Crippen LogP) is 4.62. The summed E-state index contributed by atoms with van der Waals surface area (Å²) in [5.74, 6) is -2.39. The first-order chi connectivity index (χ1) is 14.6. The molecule has 0 aliphatic carbocycles. The SMILES string of the molecule is O=C(O)C(F)(F)F.OC(c1ccc(-c2cccc(OC(F)F)c2)cc1)C1CCCNC1. The van der Waals surface area contributed by atoms with Crippen molar-refractivity contribution in [3.63, 3.8) is 0 Å². The minimum absolute atomic E-state index is 0.139. The first-order valence-corrected chi connectivity index (χ1v) is 9.42. The van der Waals surface area contributed by atoms with Gasteiger partial charge in [0.2, 0.25) is 0 Å². The van der Waals surface area contributed by atoms with Gasteiger partial charge in [-0.1, -0.05) is 36.4 Å². The lowest BCUT2D eigenvalue weighted by Gasteiger charge is -2.27. The summed E-state index contributed by atoms with van der Waals surface area (Å²) in [6.07, 6.45) is -3.47. The Morgan fingerprint density at radius 2 is 1.74 bits per heavy atom. The van der Waals surface area contributed by atoms with E-state index in [1.54, 1.807) is 12.1 Å². The number of carboxylic acid groups (broad SMARTS) is 1. The fourth-order valence-corrected chi connectivity index (χ4v) is 3.15. The molecule has 0 spiro atoms. The van der Waals surface area contributed by atoms with Crippen LogP contribution < -0.4 is 10.1 Å². The van der Waals surface area contributed by atoms with Crippen LogP contribution in [-0.4, -0.2) is 42.1 Å². The van der Waals surface area contributed by atoms with Crippen LogP contribution in [0.3, 0.4) is 0 Å². The largest absolute Gasteiger partial charge is 0.490 e. The molecule has 1 heterocycles. The molecule has 0 amide bonds. The Hall–Kier alpha value is -2.72. The Bertz CT molecular complexity index is 836. The van der Waals surface area contributed by atoms with Crippen LogP contribution in [0, 0.1) is 5.92 Å². The van der Waals surface area contributed by atoms with Gasteiger partial charge in [0.05, 0.1) is 6.10 Å².